The summed E-state index contributed by atoms with van der Waals surface area (Å²) in [7, 11) is 1.68. The summed E-state index contributed by atoms with van der Waals surface area (Å²) in [6.07, 6.45) is -1.37. The molecule has 1 aliphatic rings. The minimum atomic E-state index is -0.996. The minimum Gasteiger partial charge on any atom is -0.465 e. The highest BCUT2D eigenvalue weighted by Crippen LogP contribution is 2.33. The molecule has 0 radical (unpaired) electrons. The van der Waals surface area contributed by atoms with Gasteiger partial charge < -0.3 is 19.6 Å². The molecule has 2 rings (SSSR count). The third-order valence-corrected chi connectivity index (χ3v) is 4.87. The van der Waals surface area contributed by atoms with Gasteiger partial charge in [-0.3, -0.25) is 4.79 Å². The first-order valence-corrected chi connectivity index (χ1v) is 8.31. The molecule has 1 aromatic carbocycles. The van der Waals surface area contributed by atoms with E-state index >= 15 is 0 Å². The van der Waals surface area contributed by atoms with Gasteiger partial charge in [0.25, 0.3) is 0 Å². The lowest BCUT2D eigenvalue weighted by Gasteiger charge is -2.30. The maximum Gasteiger partial charge on any atom is 0.407 e. The van der Waals surface area contributed by atoms with Gasteiger partial charge in [-0.05, 0) is 17.7 Å². The zero-order chi connectivity index (χ0) is 17.9. The highest BCUT2D eigenvalue weighted by Gasteiger charge is 2.32. The summed E-state index contributed by atoms with van der Waals surface area (Å²) in [6.45, 7) is 2.69. The molecule has 2 amide bonds. The number of carboxylic acid groups (broad SMARTS) is 1. The van der Waals surface area contributed by atoms with Crippen LogP contribution in [0.3, 0.4) is 0 Å². The molecule has 1 aromatic rings. The number of carbonyl (C=O) groups is 2. The average molecular weight is 375 g/mol. The van der Waals surface area contributed by atoms with Gasteiger partial charge in [-0.2, -0.15) is 0 Å². The number of nitrogens with zero attached hydrogens (tertiary/aromatic N) is 2. The lowest BCUT2D eigenvalue weighted by molar-refractivity contribution is -0.128. The summed E-state index contributed by atoms with van der Waals surface area (Å²) in [5.74, 6) is -0.302. The molecular formula is C16H20Cl2N2O4. The van der Waals surface area contributed by atoms with Gasteiger partial charge in [-0.1, -0.05) is 29.3 Å². The summed E-state index contributed by atoms with van der Waals surface area (Å²) in [4.78, 5) is 25.8. The second-order valence-electron chi connectivity index (χ2n) is 5.85. The molecule has 0 aromatic heterocycles. The van der Waals surface area contributed by atoms with Crippen molar-refractivity contribution in [1.82, 2.24) is 9.80 Å². The van der Waals surface area contributed by atoms with Gasteiger partial charge >= 0.3 is 6.09 Å². The highest BCUT2D eigenvalue weighted by molar-refractivity contribution is 6.42. The SMILES string of the molecule is CC(=O)N(C)C[C@@H]1CN(C(=O)O)CCO[C@H]1c1ccc(Cl)c(Cl)c1. The molecule has 1 fully saturated rings. The number of amides is 2. The molecule has 0 unspecified atom stereocenters. The van der Waals surface area contributed by atoms with Gasteiger partial charge in [0.15, 0.2) is 0 Å². The zero-order valence-electron chi connectivity index (χ0n) is 13.5. The second kappa shape index (κ2) is 8.05. The van der Waals surface area contributed by atoms with E-state index in [9.17, 15) is 14.7 Å². The maximum absolute atomic E-state index is 11.6. The van der Waals surface area contributed by atoms with E-state index in [0.717, 1.165) is 5.56 Å². The van der Waals surface area contributed by atoms with Gasteiger partial charge in [-0.15, -0.1) is 0 Å². The van der Waals surface area contributed by atoms with Crippen molar-refractivity contribution in [2.45, 2.75) is 13.0 Å². The van der Waals surface area contributed by atoms with Gasteiger partial charge in [-0.25, -0.2) is 4.79 Å². The predicted molar refractivity (Wildman–Crippen MR) is 91.6 cm³/mol. The van der Waals surface area contributed by atoms with Crippen LogP contribution in [0.25, 0.3) is 0 Å². The van der Waals surface area contributed by atoms with Crippen LogP contribution in [0.4, 0.5) is 4.79 Å². The maximum atomic E-state index is 11.6. The Hall–Kier alpha value is -1.50. The smallest absolute Gasteiger partial charge is 0.407 e. The first kappa shape index (κ1) is 18.8. The van der Waals surface area contributed by atoms with Crippen molar-refractivity contribution in [2.75, 3.05) is 33.3 Å². The monoisotopic (exact) mass is 374 g/mol. The van der Waals surface area contributed by atoms with Crippen LogP contribution in [0.5, 0.6) is 0 Å². The highest BCUT2D eigenvalue weighted by atomic mass is 35.5. The van der Waals surface area contributed by atoms with E-state index in [0.29, 0.717) is 16.6 Å². The van der Waals surface area contributed by atoms with Crippen LogP contribution in [0, 0.1) is 5.92 Å². The van der Waals surface area contributed by atoms with Crippen molar-refractivity contribution in [1.29, 1.82) is 0 Å². The lowest BCUT2D eigenvalue weighted by Crippen LogP contribution is -2.40. The minimum absolute atomic E-state index is 0.0889. The largest absolute Gasteiger partial charge is 0.465 e. The Bertz CT molecular complexity index is 626. The Kier molecular flexibility index (Phi) is 6.32. The van der Waals surface area contributed by atoms with E-state index < -0.39 is 6.09 Å². The predicted octanol–water partition coefficient (Wildman–Crippen LogP) is 3.14. The Labute approximate surface area is 150 Å². The second-order valence-corrected chi connectivity index (χ2v) is 6.67. The molecule has 1 heterocycles. The fourth-order valence-electron chi connectivity index (χ4n) is 2.76. The Balaban J connectivity index is 2.31. The Morgan fingerprint density at radius 1 is 1.38 bits per heavy atom. The molecule has 0 saturated carbocycles. The van der Waals surface area contributed by atoms with Crippen LogP contribution in [-0.2, 0) is 9.53 Å². The van der Waals surface area contributed by atoms with E-state index in [1.54, 1.807) is 24.1 Å². The molecule has 6 nitrogen and oxygen atoms in total. The summed E-state index contributed by atoms with van der Waals surface area (Å²) >= 11 is 12.1. The van der Waals surface area contributed by atoms with Gasteiger partial charge in [0.1, 0.15) is 0 Å². The van der Waals surface area contributed by atoms with E-state index in [1.807, 2.05) is 6.07 Å². The normalized spacial score (nSPS) is 21.2. The number of benzene rings is 1. The van der Waals surface area contributed by atoms with Crippen molar-refractivity contribution < 1.29 is 19.4 Å². The van der Waals surface area contributed by atoms with Gasteiger partial charge in [0, 0.05) is 39.5 Å². The standard InChI is InChI=1S/C16H20Cl2N2O4/c1-10(21)19(2)8-12-9-20(16(22)23)5-6-24-15(12)11-3-4-13(17)14(18)7-11/h3-4,7,12,15H,5-6,8-9H2,1-2H3,(H,22,23)/t12-,15+/m1/s1. The van der Waals surface area contributed by atoms with Crippen molar-refractivity contribution >= 4 is 35.2 Å². The lowest BCUT2D eigenvalue weighted by atomic mass is 9.94. The third-order valence-electron chi connectivity index (χ3n) is 4.13. The zero-order valence-corrected chi connectivity index (χ0v) is 15.0. The van der Waals surface area contributed by atoms with Crippen LogP contribution < -0.4 is 0 Å². The van der Waals surface area contributed by atoms with Crippen LogP contribution in [0.2, 0.25) is 10.0 Å². The first-order valence-electron chi connectivity index (χ1n) is 7.55. The Morgan fingerprint density at radius 3 is 2.67 bits per heavy atom. The van der Waals surface area contributed by atoms with E-state index in [2.05, 4.69) is 0 Å². The molecule has 1 aliphatic heterocycles. The molecule has 0 spiro atoms. The van der Waals surface area contributed by atoms with Crippen LogP contribution in [-0.4, -0.2) is 60.2 Å². The molecule has 1 N–H and O–H groups in total. The summed E-state index contributed by atoms with van der Waals surface area (Å²) in [5, 5.41) is 10.2. The molecule has 24 heavy (non-hydrogen) atoms. The summed E-state index contributed by atoms with van der Waals surface area (Å²) in [5.41, 5.74) is 0.818. The first-order chi connectivity index (χ1) is 11.3. The molecular weight excluding hydrogens is 355 g/mol. The van der Waals surface area contributed by atoms with Crippen molar-refractivity contribution in [3.63, 3.8) is 0 Å². The Morgan fingerprint density at radius 2 is 2.08 bits per heavy atom. The van der Waals surface area contributed by atoms with E-state index in [4.69, 9.17) is 27.9 Å². The number of carbonyl (C=O) groups excluding carboxylic acids is 1. The van der Waals surface area contributed by atoms with Crippen molar-refractivity contribution in [2.24, 2.45) is 5.92 Å². The molecule has 0 bridgehead atoms. The molecule has 1 saturated heterocycles. The molecule has 0 aliphatic carbocycles. The fraction of sp³-hybridized carbons (Fsp3) is 0.500. The number of hydrogen-bond donors (Lipinski definition) is 1. The molecule has 2 atom stereocenters. The van der Waals surface area contributed by atoms with E-state index in [-0.39, 0.29) is 37.6 Å². The van der Waals surface area contributed by atoms with Crippen molar-refractivity contribution in [3.05, 3.63) is 33.8 Å². The fourth-order valence-corrected chi connectivity index (χ4v) is 3.07. The number of ether oxygens (including phenoxy) is 1. The molecule has 8 heteroatoms. The average Bonchev–Trinajstić information content (AvgIpc) is 2.72. The summed E-state index contributed by atoms with van der Waals surface area (Å²) in [6, 6.07) is 5.23. The van der Waals surface area contributed by atoms with Crippen LogP contribution >= 0.6 is 23.2 Å². The number of rotatable bonds is 3. The quantitative estimate of drug-likeness (QED) is 0.881. The molecule has 132 valence electrons. The number of hydrogen-bond acceptors (Lipinski definition) is 3. The van der Waals surface area contributed by atoms with Gasteiger partial charge in [0.05, 0.1) is 22.8 Å². The third kappa shape index (κ3) is 4.53. The van der Waals surface area contributed by atoms with Crippen molar-refractivity contribution in [3.8, 4) is 0 Å². The summed E-state index contributed by atoms with van der Waals surface area (Å²) < 4.78 is 5.91. The topological polar surface area (TPSA) is 70.1 Å². The number of halogens is 2. The van der Waals surface area contributed by atoms with Crippen LogP contribution in [0.1, 0.15) is 18.6 Å². The van der Waals surface area contributed by atoms with E-state index in [1.165, 1.54) is 11.8 Å². The van der Waals surface area contributed by atoms with Gasteiger partial charge in [0.2, 0.25) is 5.91 Å². The van der Waals surface area contributed by atoms with Crippen LogP contribution in [0.15, 0.2) is 18.2 Å².